The molecule has 0 heterocycles. The van der Waals surface area contributed by atoms with E-state index in [4.69, 9.17) is 4.74 Å². The first-order valence-corrected chi connectivity index (χ1v) is 12.0. The lowest BCUT2D eigenvalue weighted by Gasteiger charge is -2.23. The summed E-state index contributed by atoms with van der Waals surface area (Å²) >= 11 is 0. The number of carboxylic acid groups (broad SMARTS) is 1. The summed E-state index contributed by atoms with van der Waals surface area (Å²) < 4.78 is 5.63. The van der Waals surface area contributed by atoms with E-state index in [2.05, 4.69) is 34.9 Å². The molecule has 3 N–H and O–H groups in total. The summed E-state index contributed by atoms with van der Waals surface area (Å²) in [6, 6.07) is 15.0. The van der Waals surface area contributed by atoms with Crippen molar-refractivity contribution in [3.8, 4) is 11.1 Å². The topological polar surface area (TPSA) is 105 Å². The summed E-state index contributed by atoms with van der Waals surface area (Å²) in [4.78, 5) is 37.0. The van der Waals surface area contributed by atoms with Crippen LogP contribution < -0.4 is 10.6 Å². The SMILES string of the molecule is CC(C)C[C@H](NC(=O)[C@H]1CCC[C@H]1NC(=O)OCC1c2ccccc2-c2ccccc21)C(=O)O. The molecule has 0 aromatic heterocycles. The van der Waals surface area contributed by atoms with Gasteiger partial charge in [-0.1, -0.05) is 68.8 Å². The van der Waals surface area contributed by atoms with Gasteiger partial charge >= 0.3 is 12.1 Å². The van der Waals surface area contributed by atoms with Crippen molar-refractivity contribution in [3.05, 3.63) is 59.7 Å². The summed E-state index contributed by atoms with van der Waals surface area (Å²) in [7, 11) is 0. The molecular formula is C27H32N2O5. The summed E-state index contributed by atoms with van der Waals surface area (Å²) in [5.41, 5.74) is 4.60. The molecule has 0 spiro atoms. The van der Waals surface area contributed by atoms with Crippen LogP contribution >= 0.6 is 0 Å². The molecule has 2 aliphatic rings. The van der Waals surface area contributed by atoms with E-state index in [1.807, 2.05) is 38.1 Å². The van der Waals surface area contributed by atoms with Gasteiger partial charge in [0.05, 0.1) is 5.92 Å². The molecule has 0 unspecified atom stereocenters. The van der Waals surface area contributed by atoms with E-state index < -0.39 is 24.0 Å². The van der Waals surface area contributed by atoms with Gasteiger partial charge in [0.2, 0.25) is 5.91 Å². The number of hydrogen-bond donors (Lipinski definition) is 3. The second kappa shape index (κ2) is 10.3. The predicted molar refractivity (Wildman–Crippen MR) is 128 cm³/mol. The van der Waals surface area contributed by atoms with Crippen LogP contribution in [-0.4, -0.2) is 41.8 Å². The predicted octanol–water partition coefficient (Wildman–Crippen LogP) is 4.31. The lowest BCUT2D eigenvalue weighted by Crippen LogP contribution is -2.49. The van der Waals surface area contributed by atoms with E-state index in [0.29, 0.717) is 19.3 Å². The van der Waals surface area contributed by atoms with Crippen LogP contribution in [0.15, 0.2) is 48.5 Å². The van der Waals surface area contributed by atoms with Crippen LogP contribution in [0, 0.1) is 11.8 Å². The second-order valence-electron chi connectivity index (χ2n) is 9.64. The fraction of sp³-hybridized carbons (Fsp3) is 0.444. The number of carbonyl (C=O) groups excluding carboxylic acids is 2. The Morgan fingerprint density at radius 3 is 2.21 bits per heavy atom. The first-order valence-electron chi connectivity index (χ1n) is 12.0. The Morgan fingerprint density at radius 1 is 1.00 bits per heavy atom. The third kappa shape index (κ3) is 5.08. The molecule has 180 valence electrons. The fourth-order valence-corrected chi connectivity index (χ4v) is 5.21. The third-order valence-corrected chi connectivity index (χ3v) is 6.82. The second-order valence-corrected chi connectivity index (χ2v) is 9.64. The Labute approximate surface area is 199 Å². The minimum Gasteiger partial charge on any atom is -0.480 e. The summed E-state index contributed by atoms with van der Waals surface area (Å²) in [5, 5.41) is 15.0. The molecule has 7 nitrogen and oxygen atoms in total. The van der Waals surface area contributed by atoms with Crippen molar-refractivity contribution in [2.75, 3.05) is 6.61 Å². The van der Waals surface area contributed by atoms with E-state index in [9.17, 15) is 19.5 Å². The first kappa shape index (κ1) is 23.8. The van der Waals surface area contributed by atoms with Gasteiger partial charge in [-0.2, -0.15) is 0 Å². The molecule has 3 atom stereocenters. The zero-order chi connectivity index (χ0) is 24.2. The Morgan fingerprint density at radius 2 is 1.62 bits per heavy atom. The van der Waals surface area contributed by atoms with Gasteiger partial charge in [-0.15, -0.1) is 0 Å². The maximum absolute atomic E-state index is 12.8. The van der Waals surface area contributed by atoms with E-state index in [1.54, 1.807) is 0 Å². The number of ether oxygens (including phenoxy) is 1. The number of amides is 2. The molecule has 2 aromatic rings. The average Bonchev–Trinajstić information content (AvgIpc) is 3.39. The van der Waals surface area contributed by atoms with Gasteiger partial charge in [0, 0.05) is 12.0 Å². The molecular weight excluding hydrogens is 432 g/mol. The summed E-state index contributed by atoms with van der Waals surface area (Å²) in [5.74, 6) is -1.72. The van der Waals surface area contributed by atoms with Crippen molar-refractivity contribution in [1.29, 1.82) is 0 Å². The molecule has 34 heavy (non-hydrogen) atoms. The molecule has 0 radical (unpaired) electrons. The molecule has 2 aromatic carbocycles. The molecule has 4 rings (SSSR count). The third-order valence-electron chi connectivity index (χ3n) is 6.82. The zero-order valence-corrected chi connectivity index (χ0v) is 19.6. The summed E-state index contributed by atoms with van der Waals surface area (Å²) in [6.45, 7) is 4.04. The number of fused-ring (bicyclic) bond motifs is 3. The van der Waals surface area contributed by atoms with E-state index in [-0.39, 0.29) is 30.4 Å². The van der Waals surface area contributed by atoms with Crippen molar-refractivity contribution in [2.24, 2.45) is 11.8 Å². The number of rotatable bonds is 8. The minimum atomic E-state index is -1.04. The Hall–Kier alpha value is -3.35. The highest BCUT2D eigenvalue weighted by Crippen LogP contribution is 2.44. The monoisotopic (exact) mass is 464 g/mol. The first-order chi connectivity index (χ1) is 16.3. The largest absolute Gasteiger partial charge is 0.480 e. The van der Waals surface area contributed by atoms with Crippen LogP contribution in [0.1, 0.15) is 56.6 Å². The van der Waals surface area contributed by atoms with Gasteiger partial charge in [0.25, 0.3) is 0 Å². The molecule has 1 saturated carbocycles. The van der Waals surface area contributed by atoms with Crippen LogP contribution in [0.5, 0.6) is 0 Å². The van der Waals surface area contributed by atoms with E-state index >= 15 is 0 Å². The lowest BCUT2D eigenvalue weighted by molar-refractivity contribution is -0.143. The molecule has 1 fully saturated rings. The smallest absolute Gasteiger partial charge is 0.407 e. The quantitative estimate of drug-likeness (QED) is 0.540. The number of benzene rings is 2. The van der Waals surface area contributed by atoms with Crippen LogP contribution in [0.4, 0.5) is 4.79 Å². The molecule has 2 amide bonds. The van der Waals surface area contributed by atoms with Gasteiger partial charge in [-0.25, -0.2) is 9.59 Å². The molecule has 2 aliphatic carbocycles. The number of carboxylic acids is 1. The minimum absolute atomic E-state index is 0.0341. The standard InChI is InChI=1S/C27H32N2O5/c1-16(2)14-24(26(31)32)28-25(30)21-12-7-13-23(21)29-27(33)34-15-22-19-10-5-3-8-17(19)18-9-4-6-11-20(18)22/h3-6,8-11,16,21-24H,7,12-15H2,1-2H3,(H,28,30)(H,29,33)(H,31,32)/t21-,23+,24-/m0/s1. The highest BCUT2D eigenvalue weighted by atomic mass is 16.5. The van der Waals surface area contributed by atoms with Crippen molar-refractivity contribution in [3.63, 3.8) is 0 Å². The lowest BCUT2D eigenvalue weighted by atomic mass is 9.98. The number of hydrogen-bond acceptors (Lipinski definition) is 4. The van der Waals surface area contributed by atoms with Crippen LogP contribution in [0.25, 0.3) is 11.1 Å². The van der Waals surface area contributed by atoms with Gasteiger partial charge < -0.3 is 20.5 Å². The molecule has 0 aliphatic heterocycles. The highest BCUT2D eigenvalue weighted by Gasteiger charge is 2.36. The molecule has 0 saturated heterocycles. The van der Waals surface area contributed by atoms with Crippen molar-refractivity contribution in [2.45, 2.75) is 57.5 Å². The maximum atomic E-state index is 12.8. The van der Waals surface area contributed by atoms with Crippen molar-refractivity contribution in [1.82, 2.24) is 10.6 Å². The number of nitrogens with one attached hydrogen (secondary N) is 2. The van der Waals surface area contributed by atoms with Gasteiger partial charge in [0.1, 0.15) is 12.6 Å². The fourth-order valence-electron chi connectivity index (χ4n) is 5.21. The Kier molecular flexibility index (Phi) is 7.20. The van der Waals surface area contributed by atoms with E-state index in [0.717, 1.165) is 28.7 Å². The number of carbonyl (C=O) groups is 3. The van der Waals surface area contributed by atoms with E-state index in [1.165, 1.54) is 0 Å². The number of alkyl carbamates (subject to hydrolysis) is 1. The molecule has 7 heteroatoms. The van der Waals surface area contributed by atoms with Crippen LogP contribution in [-0.2, 0) is 14.3 Å². The summed E-state index contributed by atoms with van der Waals surface area (Å²) in [6.07, 6.45) is 1.86. The average molecular weight is 465 g/mol. The normalized spacial score (nSPS) is 19.9. The van der Waals surface area contributed by atoms with Crippen LogP contribution in [0.3, 0.4) is 0 Å². The maximum Gasteiger partial charge on any atom is 0.407 e. The van der Waals surface area contributed by atoms with Gasteiger partial charge in [-0.3, -0.25) is 4.79 Å². The Bertz CT molecular complexity index is 1020. The number of aliphatic carboxylic acids is 1. The van der Waals surface area contributed by atoms with Crippen molar-refractivity contribution < 1.29 is 24.2 Å². The van der Waals surface area contributed by atoms with Crippen molar-refractivity contribution >= 4 is 18.0 Å². The van der Waals surface area contributed by atoms with Gasteiger partial charge in [-0.05, 0) is 47.4 Å². The molecule has 0 bridgehead atoms. The van der Waals surface area contributed by atoms with Crippen LogP contribution in [0.2, 0.25) is 0 Å². The zero-order valence-electron chi connectivity index (χ0n) is 19.6. The Balaban J connectivity index is 1.36. The highest BCUT2D eigenvalue weighted by molar-refractivity contribution is 5.86. The van der Waals surface area contributed by atoms with Gasteiger partial charge in [0.15, 0.2) is 0 Å².